The maximum absolute atomic E-state index is 6.01. The third kappa shape index (κ3) is 5.56. The minimum Gasteiger partial charge on any atom is -0.317 e. The second-order valence-electron chi connectivity index (χ2n) is 4.95. The zero-order valence-corrected chi connectivity index (χ0v) is 11.9. The van der Waals surface area contributed by atoms with Gasteiger partial charge in [0.15, 0.2) is 0 Å². The Kier molecular flexibility index (Phi) is 6.61. The highest BCUT2D eigenvalue weighted by atomic mass is 35.5. The number of benzene rings is 1. The van der Waals surface area contributed by atoms with Crippen LogP contribution in [0.25, 0.3) is 0 Å². The first-order valence-corrected chi connectivity index (χ1v) is 6.95. The van der Waals surface area contributed by atoms with E-state index in [1.54, 1.807) is 0 Å². The molecule has 1 N–H and O–H groups in total. The van der Waals surface area contributed by atoms with E-state index in [2.05, 4.69) is 31.3 Å². The fraction of sp³-hybridized carbons (Fsp3) is 0.600. The summed E-state index contributed by atoms with van der Waals surface area (Å²) in [5.41, 5.74) is 1.32. The summed E-state index contributed by atoms with van der Waals surface area (Å²) < 4.78 is 0. The zero-order chi connectivity index (χ0) is 12.7. The van der Waals surface area contributed by atoms with Crippen LogP contribution in [0.3, 0.4) is 0 Å². The molecule has 0 spiro atoms. The molecular formula is C15H24ClN. The molecule has 0 bridgehead atoms. The van der Waals surface area contributed by atoms with Gasteiger partial charge >= 0.3 is 0 Å². The average molecular weight is 254 g/mol. The van der Waals surface area contributed by atoms with Crippen molar-refractivity contribution in [3.05, 3.63) is 34.9 Å². The van der Waals surface area contributed by atoms with Gasteiger partial charge in [0.25, 0.3) is 0 Å². The molecule has 0 aliphatic rings. The van der Waals surface area contributed by atoms with E-state index in [-0.39, 0.29) is 0 Å². The Morgan fingerprint density at radius 1 is 1.35 bits per heavy atom. The van der Waals surface area contributed by atoms with Crippen molar-refractivity contribution in [2.24, 2.45) is 5.92 Å². The summed E-state index contributed by atoms with van der Waals surface area (Å²) in [6.45, 7) is 4.59. The minimum atomic E-state index is 0.551. The minimum absolute atomic E-state index is 0.551. The Hall–Kier alpha value is -0.530. The zero-order valence-electron chi connectivity index (χ0n) is 11.2. The van der Waals surface area contributed by atoms with E-state index in [0.717, 1.165) is 17.4 Å². The summed E-state index contributed by atoms with van der Waals surface area (Å²) in [4.78, 5) is 0. The Bertz CT molecular complexity index is 324. The van der Waals surface area contributed by atoms with Crippen LogP contribution in [-0.2, 0) is 6.42 Å². The third-order valence-electron chi connectivity index (χ3n) is 3.25. The highest BCUT2D eigenvalue weighted by Crippen LogP contribution is 2.17. The van der Waals surface area contributed by atoms with Crippen molar-refractivity contribution >= 4 is 11.6 Å². The molecule has 96 valence electrons. The molecule has 1 aromatic rings. The molecule has 2 atom stereocenters. The molecule has 0 aliphatic heterocycles. The first kappa shape index (κ1) is 14.5. The lowest BCUT2D eigenvalue weighted by Crippen LogP contribution is -2.29. The number of hydrogen-bond acceptors (Lipinski definition) is 1. The quantitative estimate of drug-likeness (QED) is 0.764. The first-order valence-electron chi connectivity index (χ1n) is 6.57. The van der Waals surface area contributed by atoms with E-state index in [0.29, 0.717) is 6.04 Å². The molecule has 0 saturated heterocycles. The monoisotopic (exact) mass is 253 g/mol. The molecule has 0 aromatic heterocycles. The van der Waals surface area contributed by atoms with E-state index >= 15 is 0 Å². The molecule has 2 unspecified atom stereocenters. The van der Waals surface area contributed by atoms with Gasteiger partial charge in [-0.15, -0.1) is 0 Å². The van der Waals surface area contributed by atoms with Crippen LogP contribution in [0.15, 0.2) is 24.3 Å². The molecular weight excluding hydrogens is 230 g/mol. The van der Waals surface area contributed by atoms with Crippen molar-refractivity contribution in [1.29, 1.82) is 0 Å². The molecule has 0 saturated carbocycles. The fourth-order valence-corrected chi connectivity index (χ4v) is 2.56. The third-order valence-corrected chi connectivity index (χ3v) is 3.48. The molecule has 0 aliphatic carbocycles. The van der Waals surface area contributed by atoms with E-state index in [9.17, 15) is 0 Å². The van der Waals surface area contributed by atoms with Crippen molar-refractivity contribution < 1.29 is 0 Å². The van der Waals surface area contributed by atoms with Crippen molar-refractivity contribution in [3.63, 3.8) is 0 Å². The standard InChI is InChI=1S/C15H24ClN/c1-4-6-12(2)9-15(17-3)11-13-7-5-8-14(16)10-13/h5,7-8,10,12,15,17H,4,6,9,11H2,1-3H3. The fourth-order valence-electron chi connectivity index (χ4n) is 2.35. The van der Waals surface area contributed by atoms with Gasteiger partial charge in [0.1, 0.15) is 0 Å². The highest BCUT2D eigenvalue weighted by Gasteiger charge is 2.11. The van der Waals surface area contributed by atoms with Crippen molar-refractivity contribution in [3.8, 4) is 0 Å². The number of hydrogen-bond donors (Lipinski definition) is 1. The Balaban J connectivity index is 2.51. The summed E-state index contributed by atoms with van der Waals surface area (Å²) in [5.74, 6) is 0.789. The first-order chi connectivity index (χ1) is 8.15. The van der Waals surface area contributed by atoms with Crippen LogP contribution in [0.4, 0.5) is 0 Å². The van der Waals surface area contributed by atoms with E-state index in [1.807, 2.05) is 19.2 Å². The van der Waals surface area contributed by atoms with Gasteiger partial charge < -0.3 is 5.32 Å². The number of likely N-dealkylation sites (N-methyl/N-ethyl adjacent to an activating group) is 1. The van der Waals surface area contributed by atoms with Gasteiger partial charge in [-0.05, 0) is 43.5 Å². The van der Waals surface area contributed by atoms with Gasteiger partial charge in [0.05, 0.1) is 0 Å². The van der Waals surface area contributed by atoms with Crippen LogP contribution >= 0.6 is 11.6 Å². The van der Waals surface area contributed by atoms with Crippen LogP contribution in [0.5, 0.6) is 0 Å². The number of rotatable bonds is 7. The largest absolute Gasteiger partial charge is 0.317 e. The smallest absolute Gasteiger partial charge is 0.0408 e. The second-order valence-corrected chi connectivity index (χ2v) is 5.39. The van der Waals surface area contributed by atoms with Gasteiger partial charge in [0, 0.05) is 11.1 Å². The van der Waals surface area contributed by atoms with E-state index in [1.165, 1.54) is 24.8 Å². The number of halogens is 1. The molecule has 0 amide bonds. The predicted octanol–water partition coefficient (Wildman–Crippen LogP) is 4.30. The Morgan fingerprint density at radius 2 is 2.12 bits per heavy atom. The molecule has 1 rings (SSSR count). The molecule has 1 aromatic carbocycles. The Morgan fingerprint density at radius 3 is 2.71 bits per heavy atom. The van der Waals surface area contributed by atoms with Gasteiger partial charge in [0.2, 0.25) is 0 Å². The van der Waals surface area contributed by atoms with Crippen molar-refractivity contribution in [2.45, 2.75) is 45.6 Å². The topological polar surface area (TPSA) is 12.0 Å². The average Bonchev–Trinajstić information content (AvgIpc) is 2.28. The van der Waals surface area contributed by atoms with E-state index < -0.39 is 0 Å². The summed E-state index contributed by atoms with van der Waals surface area (Å²) in [7, 11) is 2.05. The normalized spacial score (nSPS) is 14.6. The number of nitrogens with one attached hydrogen (secondary N) is 1. The molecule has 0 fully saturated rings. The SMILES string of the molecule is CCCC(C)CC(Cc1cccc(Cl)c1)NC. The maximum Gasteiger partial charge on any atom is 0.0408 e. The molecule has 2 heteroatoms. The molecule has 1 nitrogen and oxygen atoms in total. The summed E-state index contributed by atoms with van der Waals surface area (Å²) in [6, 6.07) is 8.73. The molecule has 17 heavy (non-hydrogen) atoms. The summed E-state index contributed by atoms with van der Waals surface area (Å²) in [5, 5.41) is 4.25. The second kappa shape index (κ2) is 7.73. The van der Waals surface area contributed by atoms with Crippen LogP contribution in [-0.4, -0.2) is 13.1 Å². The van der Waals surface area contributed by atoms with Gasteiger partial charge in [-0.2, -0.15) is 0 Å². The molecule has 0 heterocycles. The van der Waals surface area contributed by atoms with Crippen LogP contribution < -0.4 is 5.32 Å². The lowest BCUT2D eigenvalue weighted by atomic mass is 9.93. The van der Waals surface area contributed by atoms with Crippen molar-refractivity contribution in [1.82, 2.24) is 5.32 Å². The van der Waals surface area contributed by atoms with Crippen LogP contribution in [0.1, 0.15) is 38.7 Å². The summed E-state index contributed by atoms with van der Waals surface area (Å²) in [6.07, 6.45) is 4.88. The van der Waals surface area contributed by atoms with Crippen LogP contribution in [0.2, 0.25) is 5.02 Å². The molecule has 0 radical (unpaired) electrons. The van der Waals surface area contributed by atoms with Gasteiger partial charge in [-0.25, -0.2) is 0 Å². The van der Waals surface area contributed by atoms with Gasteiger partial charge in [-0.1, -0.05) is 50.4 Å². The predicted molar refractivity (Wildman–Crippen MR) is 76.7 cm³/mol. The Labute approximate surface area is 111 Å². The maximum atomic E-state index is 6.01. The lowest BCUT2D eigenvalue weighted by molar-refractivity contribution is 0.397. The van der Waals surface area contributed by atoms with Gasteiger partial charge in [-0.3, -0.25) is 0 Å². The van der Waals surface area contributed by atoms with Crippen LogP contribution in [0, 0.1) is 5.92 Å². The summed E-state index contributed by atoms with van der Waals surface area (Å²) >= 11 is 6.01. The van der Waals surface area contributed by atoms with Crippen molar-refractivity contribution in [2.75, 3.05) is 7.05 Å². The lowest BCUT2D eigenvalue weighted by Gasteiger charge is -2.20. The highest BCUT2D eigenvalue weighted by molar-refractivity contribution is 6.30. The van der Waals surface area contributed by atoms with E-state index in [4.69, 9.17) is 11.6 Å².